The second-order valence-electron chi connectivity index (χ2n) is 3.54. The summed E-state index contributed by atoms with van der Waals surface area (Å²) < 4.78 is 5.69. The lowest BCUT2D eigenvalue weighted by Gasteiger charge is -2.08. The van der Waals surface area contributed by atoms with E-state index in [0.29, 0.717) is 0 Å². The number of benzene rings is 1. The molecule has 1 saturated heterocycles. The molecule has 1 aliphatic heterocycles. The van der Waals surface area contributed by atoms with Crippen LogP contribution in [0.2, 0.25) is 0 Å². The summed E-state index contributed by atoms with van der Waals surface area (Å²) in [5, 5.41) is 0.751. The first-order valence-corrected chi connectivity index (χ1v) is 5.62. The first kappa shape index (κ1) is 8.95. The van der Waals surface area contributed by atoms with Crippen LogP contribution in [0.15, 0.2) is 18.2 Å². The molecular weight excluding hydrogens is 180 g/mol. The van der Waals surface area contributed by atoms with Crippen molar-refractivity contribution in [3.8, 4) is 5.75 Å². The molecule has 1 atom stereocenters. The summed E-state index contributed by atoms with van der Waals surface area (Å²) in [6, 6.07) is 6.33. The van der Waals surface area contributed by atoms with Crippen molar-refractivity contribution >= 4 is 11.8 Å². The minimum absolute atomic E-state index is 0.751. The fraction of sp³-hybridized carbons (Fsp3) is 0.455. The molecule has 1 fully saturated rings. The van der Waals surface area contributed by atoms with Crippen molar-refractivity contribution < 1.29 is 4.74 Å². The number of aryl methyl sites for hydroxylation is 2. The molecule has 13 heavy (non-hydrogen) atoms. The average Bonchev–Trinajstić information content (AvgIpc) is 2.86. The minimum atomic E-state index is 0.751. The SMILES string of the molecule is Cc1ccc(OCC2CS2)c(C)c1. The minimum Gasteiger partial charge on any atom is -0.492 e. The van der Waals surface area contributed by atoms with Gasteiger partial charge in [-0.25, -0.2) is 0 Å². The normalized spacial score (nSPS) is 20.0. The van der Waals surface area contributed by atoms with E-state index in [-0.39, 0.29) is 0 Å². The molecule has 0 N–H and O–H groups in total. The van der Waals surface area contributed by atoms with Crippen LogP contribution in [0.4, 0.5) is 0 Å². The molecule has 0 bridgehead atoms. The quantitative estimate of drug-likeness (QED) is 0.684. The van der Waals surface area contributed by atoms with Crippen LogP contribution in [0.5, 0.6) is 5.75 Å². The van der Waals surface area contributed by atoms with Crippen LogP contribution in [-0.2, 0) is 0 Å². The molecule has 0 aliphatic carbocycles. The number of thioether (sulfide) groups is 1. The van der Waals surface area contributed by atoms with Gasteiger partial charge in [-0.05, 0) is 25.5 Å². The topological polar surface area (TPSA) is 9.23 Å². The third-order valence-corrected chi connectivity index (χ3v) is 3.10. The van der Waals surface area contributed by atoms with E-state index in [4.69, 9.17) is 4.74 Å². The Kier molecular flexibility index (Phi) is 2.49. The number of ether oxygens (including phenoxy) is 1. The molecule has 0 spiro atoms. The Balaban J connectivity index is 2.01. The van der Waals surface area contributed by atoms with E-state index in [1.807, 2.05) is 11.8 Å². The van der Waals surface area contributed by atoms with Gasteiger partial charge in [0.15, 0.2) is 0 Å². The summed E-state index contributed by atoms with van der Waals surface area (Å²) in [4.78, 5) is 0. The van der Waals surface area contributed by atoms with E-state index in [0.717, 1.165) is 17.6 Å². The Morgan fingerprint density at radius 2 is 2.23 bits per heavy atom. The summed E-state index contributed by atoms with van der Waals surface area (Å²) in [7, 11) is 0. The predicted molar refractivity (Wildman–Crippen MR) is 57.7 cm³/mol. The van der Waals surface area contributed by atoms with Gasteiger partial charge in [0.25, 0.3) is 0 Å². The Hall–Kier alpha value is -0.630. The van der Waals surface area contributed by atoms with E-state index in [2.05, 4.69) is 32.0 Å². The summed E-state index contributed by atoms with van der Waals surface area (Å²) in [6.45, 7) is 5.07. The van der Waals surface area contributed by atoms with Crippen molar-refractivity contribution in [2.24, 2.45) is 0 Å². The predicted octanol–water partition coefficient (Wildman–Crippen LogP) is 2.80. The van der Waals surface area contributed by atoms with Gasteiger partial charge in [0.1, 0.15) is 12.4 Å². The molecule has 70 valence electrons. The molecule has 2 rings (SSSR count). The molecule has 0 amide bonds. The van der Waals surface area contributed by atoms with Crippen LogP contribution >= 0.6 is 11.8 Å². The van der Waals surface area contributed by atoms with Crippen LogP contribution in [0.3, 0.4) is 0 Å². The smallest absolute Gasteiger partial charge is 0.122 e. The molecule has 2 heteroatoms. The first-order valence-electron chi connectivity index (χ1n) is 4.57. The van der Waals surface area contributed by atoms with Crippen molar-refractivity contribution in [2.75, 3.05) is 12.4 Å². The van der Waals surface area contributed by atoms with E-state index in [1.54, 1.807) is 0 Å². The second-order valence-corrected chi connectivity index (χ2v) is 4.87. The van der Waals surface area contributed by atoms with E-state index < -0.39 is 0 Å². The molecule has 1 unspecified atom stereocenters. The van der Waals surface area contributed by atoms with Crippen molar-refractivity contribution in [3.05, 3.63) is 29.3 Å². The van der Waals surface area contributed by atoms with Crippen molar-refractivity contribution in [1.82, 2.24) is 0 Å². The molecule has 1 aliphatic rings. The third kappa shape index (κ3) is 2.41. The Morgan fingerprint density at radius 3 is 2.85 bits per heavy atom. The summed E-state index contributed by atoms with van der Waals surface area (Å²) in [5.74, 6) is 2.31. The molecule has 0 radical (unpaired) electrons. The van der Waals surface area contributed by atoms with Crippen LogP contribution in [0.1, 0.15) is 11.1 Å². The Labute approximate surface area is 83.5 Å². The summed E-state index contributed by atoms with van der Waals surface area (Å²) in [6.07, 6.45) is 0. The van der Waals surface area contributed by atoms with Gasteiger partial charge >= 0.3 is 0 Å². The fourth-order valence-electron chi connectivity index (χ4n) is 1.31. The molecule has 0 aromatic heterocycles. The summed E-state index contributed by atoms with van der Waals surface area (Å²) >= 11 is 1.97. The van der Waals surface area contributed by atoms with Crippen molar-refractivity contribution in [2.45, 2.75) is 19.1 Å². The zero-order valence-electron chi connectivity index (χ0n) is 8.04. The molecule has 1 aromatic rings. The summed E-state index contributed by atoms with van der Waals surface area (Å²) in [5.41, 5.74) is 2.54. The Bertz CT molecular complexity index is 305. The van der Waals surface area contributed by atoms with Crippen LogP contribution < -0.4 is 4.74 Å². The van der Waals surface area contributed by atoms with Gasteiger partial charge in [0.05, 0.1) is 0 Å². The van der Waals surface area contributed by atoms with Gasteiger partial charge in [-0.2, -0.15) is 11.8 Å². The van der Waals surface area contributed by atoms with Crippen LogP contribution in [0.25, 0.3) is 0 Å². The largest absolute Gasteiger partial charge is 0.492 e. The molecule has 1 heterocycles. The fourth-order valence-corrected chi connectivity index (χ4v) is 1.70. The number of rotatable bonds is 3. The van der Waals surface area contributed by atoms with Gasteiger partial charge in [-0.1, -0.05) is 17.7 Å². The lowest BCUT2D eigenvalue weighted by molar-refractivity contribution is 0.327. The van der Waals surface area contributed by atoms with Crippen molar-refractivity contribution in [1.29, 1.82) is 0 Å². The second kappa shape index (κ2) is 3.62. The van der Waals surface area contributed by atoms with Crippen LogP contribution in [0, 0.1) is 13.8 Å². The maximum atomic E-state index is 5.69. The first-order chi connectivity index (χ1) is 6.25. The highest BCUT2D eigenvalue weighted by atomic mass is 32.2. The molecule has 1 nitrogen and oxygen atoms in total. The maximum absolute atomic E-state index is 5.69. The maximum Gasteiger partial charge on any atom is 0.122 e. The van der Waals surface area contributed by atoms with Crippen molar-refractivity contribution in [3.63, 3.8) is 0 Å². The van der Waals surface area contributed by atoms with Gasteiger partial charge in [0.2, 0.25) is 0 Å². The number of hydrogen-bond acceptors (Lipinski definition) is 2. The molecular formula is C11H14OS. The van der Waals surface area contributed by atoms with E-state index in [1.165, 1.54) is 16.9 Å². The highest BCUT2D eigenvalue weighted by molar-refractivity contribution is 8.06. The molecule has 1 aromatic carbocycles. The highest BCUT2D eigenvalue weighted by Crippen LogP contribution is 2.31. The van der Waals surface area contributed by atoms with Gasteiger partial charge in [0, 0.05) is 11.0 Å². The highest BCUT2D eigenvalue weighted by Gasteiger charge is 2.23. The van der Waals surface area contributed by atoms with Gasteiger partial charge in [-0.3, -0.25) is 0 Å². The monoisotopic (exact) mass is 194 g/mol. The van der Waals surface area contributed by atoms with E-state index >= 15 is 0 Å². The average molecular weight is 194 g/mol. The third-order valence-electron chi connectivity index (χ3n) is 2.16. The number of hydrogen-bond donors (Lipinski definition) is 0. The zero-order valence-corrected chi connectivity index (χ0v) is 8.86. The lowest BCUT2D eigenvalue weighted by Crippen LogP contribution is -2.03. The standard InChI is InChI=1S/C11H14OS/c1-8-3-4-11(9(2)5-8)12-6-10-7-13-10/h3-5,10H,6-7H2,1-2H3. The zero-order chi connectivity index (χ0) is 9.26. The Morgan fingerprint density at radius 1 is 1.46 bits per heavy atom. The van der Waals surface area contributed by atoms with E-state index in [9.17, 15) is 0 Å². The van der Waals surface area contributed by atoms with Crippen LogP contribution in [-0.4, -0.2) is 17.6 Å². The van der Waals surface area contributed by atoms with Gasteiger partial charge < -0.3 is 4.74 Å². The molecule has 0 saturated carbocycles. The van der Waals surface area contributed by atoms with Gasteiger partial charge in [-0.15, -0.1) is 0 Å². The lowest BCUT2D eigenvalue weighted by atomic mass is 10.1.